The number of carbonyl (C=O) groups is 1. The first-order valence-corrected chi connectivity index (χ1v) is 3.63. The fourth-order valence-electron chi connectivity index (χ4n) is 0.696. The first-order valence-electron chi connectivity index (χ1n) is 2.81. The van der Waals surface area contributed by atoms with Gasteiger partial charge in [-0.1, -0.05) is 4.88 Å². The average molecular weight is 202 g/mol. The predicted octanol–water partition coefficient (Wildman–Crippen LogP) is 2.38. The minimum Gasteiger partial charge on any atom is -0.298 e. The Kier molecular flexibility index (Phi) is 4.27. The third-order valence-electron chi connectivity index (χ3n) is 1.16. The van der Waals surface area contributed by atoms with Crippen LogP contribution in [-0.2, 0) is 18.6 Å². The van der Waals surface area contributed by atoms with Crippen LogP contribution in [0, 0.1) is 6.92 Å². The van der Waals surface area contributed by atoms with E-state index in [1.807, 2.05) is 0 Å². The summed E-state index contributed by atoms with van der Waals surface area (Å²) >= 11 is 1.41. The van der Waals surface area contributed by atoms with Crippen LogP contribution in [0.2, 0.25) is 0 Å². The normalized spacial score (nSPS) is 8.36. The van der Waals surface area contributed by atoms with E-state index >= 15 is 0 Å². The van der Waals surface area contributed by atoms with Crippen molar-refractivity contribution in [1.82, 2.24) is 0 Å². The average Bonchev–Trinajstić information content (AvgIpc) is 2.30. The molecule has 0 aliphatic rings. The maximum atomic E-state index is 10.2. The second-order valence-corrected chi connectivity index (χ2v) is 2.98. The summed E-state index contributed by atoms with van der Waals surface area (Å²) in [5, 5.41) is 0. The van der Waals surface area contributed by atoms with Crippen LogP contribution in [0.25, 0.3) is 6.08 Å². The molecule has 0 bridgehead atoms. The van der Waals surface area contributed by atoms with Crippen molar-refractivity contribution in [3.05, 3.63) is 34.9 Å². The van der Waals surface area contributed by atoms with Crippen LogP contribution in [-0.4, -0.2) is 6.29 Å². The molecule has 0 aromatic carbocycles. The van der Waals surface area contributed by atoms with E-state index in [0.717, 1.165) is 16.7 Å². The van der Waals surface area contributed by atoms with Gasteiger partial charge >= 0.3 is 0 Å². The molecule has 1 heterocycles. The van der Waals surface area contributed by atoms with Crippen molar-refractivity contribution in [3.63, 3.8) is 0 Å². The van der Waals surface area contributed by atoms with E-state index in [4.69, 9.17) is 0 Å². The number of thiophene rings is 1. The standard InChI is InChI=1S/C8H7OS.V/c1-3-8-6(2)4-7(5-9)10-8;/h3-5H,1-2H2;/q-1;. The second-order valence-electron chi connectivity index (χ2n) is 1.86. The van der Waals surface area contributed by atoms with Gasteiger partial charge in [-0.05, 0) is 0 Å². The van der Waals surface area contributed by atoms with Crippen LogP contribution >= 0.6 is 11.3 Å². The summed E-state index contributed by atoms with van der Waals surface area (Å²) in [5.41, 5.74) is 0.877. The van der Waals surface area contributed by atoms with Gasteiger partial charge in [-0.2, -0.15) is 12.5 Å². The summed E-state index contributed by atoms with van der Waals surface area (Å²) in [7, 11) is 0. The van der Waals surface area contributed by atoms with Crippen LogP contribution in [0.5, 0.6) is 0 Å². The SMILES string of the molecule is C=Cc1sc(C=O)cc1[CH2-].[V]. The van der Waals surface area contributed by atoms with Crippen molar-refractivity contribution < 1.29 is 23.4 Å². The molecule has 0 aliphatic carbocycles. The molecule has 1 nitrogen and oxygen atoms in total. The van der Waals surface area contributed by atoms with Crippen molar-refractivity contribution in [2.24, 2.45) is 0 Å². The number of carbonyl (C=O) groups excluding carboxylic acids is 1. The summed E-state index contributed by atoms with van der Waals surface area (Å²) in [4.78, 5) is 11.9. The molecule has 0 fully saturated rings. The molecular weight excluding hydrogens is 195 g/mol. The van der Waals surface area contributed by atoms with Gasteiger partial charge in [0.15, 0.2) is 0 Å². The molecule has 1 radical (unpaired) electrons. The van der Waals surface area contributed by atoms with Crippen LogP contribution in [0.15, 0.2) is 12.6 Å². The molecule has 1 rings (SSSR count). The van der Waals surface area contributed by atoms with Gasteiger partial charge in [0, 0.05) is 23.4 Å². The van der Waals surface area contributed by atoms with Crippen molar-refractivity contribution in [2.75, 3.05) is 0 Å². The minimum absolute atomic E-state index is 0. The number of rotatable bonds is 2. The zero-order valence-corrected chi connectivity index (χ0v) is 8.12. The molecule has 1 aromatic heterocycles. The molecule has 0 aliphatic heterocycles. The number of hydrogen-bond donors (Lipinski definition) is 0. The van der Waals surface area contributed by atoms with Gasteiger partial charge in [0.2, 0.25) is 0 Å². The quantitative estimate of drug-likeness (QED) is 0.531. The minimum atomic E-state index is 0. The monoisotopic (exact) mass is 202 g/mol. The molecule has 0 amide bonds. The van der Waals surface area contributed by atoms with Gasteiger partial charge in [0.25, 0.3) is 0 Å². The van der Waals surface area contributed by atoms with Crippen LogP contribution in [0.1, 0.15) is 20.1 Å². The van der Waals surface area contributed by atoms with Gasteiger partial charge in [-0.25, -0.2) is 11.3 Å². The fourth-order valence-corrected chi connectivity index (χ4v) is 1.47. The van der Waals surface area contributed by atoms with E-state index in [1.165, 1.54) is 11.3 Å². The fraction of sp³-hybridized carbons (Fsp3) is 0. The van der Waals surface area contributed by atoms with E-state index in [0.29, 0.717) is 4.88 Å². The Morgan fingerprint density at radius 1 is 1.64 bits per heavy atom. The van der Waals surface area contributed by atoms with Crippen LogP contribution in [0.3, 0.4) is 0 Å². The van der Waals surface area contributed by atoms with E-state index < -0.39 is 0 Å². The maximum Gasteiger partial charge on any atom is 0.146 e. The van der Waals surface area contributed by atoms with Crippen LogP contribution < -0.4 is 0 Å². The van der Waals surface area contributed by atoms with Crippen molar-refractivity contribution in [1.29, 1.82) is 0 Å². The van der Waals surface area contributed by atoms with E-state index in [2.05, 4.69) is 13.5 Å². The van der Waals surface area contributed by atoms with Gasteiger partial charge < -0.3 is 0 Å². The summed E-state index contributed by atoms with van der Waals surface area (Å²) in [5.74, 6) is 0. The number of hydrogen-bond acceptors (Lipinski definition) is 2. The molecule has 57 valence electrons. The molecule has 1 aromatic rings. The Hall–Kier alpha value is -0.436. The molecule has 0 unspecified atom stereocenters. The Labute approximate surface area is 82.0 Å². The second kappa shape index (κ2) is 4.44. The maximum absolute atomic E-state index is 10.2. The Morgan fingerprint density at radius 2 is 2.27 bits per heavy atom. The van der Waals surface area contributed by atoms with E-state index in [1.54, 1.807) is 12.1 Å². The Bertz CT molecular complexity index is 265. The molecule has 0 saturated carbocycles. The summed E-state index contributed by atoms with van der Waals surface area (Å²) in [6.07, 6.45) is 2.53. The topological polar surface area (TPSA) is 17.1 Å². The van der Waals surface area contributed by atoms with Crippen molar-refractivity contribution >= 4 is 23.7 Å². The van der Waals surface area contributed by atoms with Gasteiger partial charge in [-0.15, -0.1) is 18.7 Å². The smallest absolute Gasteiger partial charge is 0.146 e. The van der Waals surface area contributed by atoms with Crippen molar-refractivity contribution in [2.45, 2.75) is 0 Å². The summed E-state index contributed by atoms with van der Waals surface area (Å²) in [6.45, 7) is 7.33. The molecule has 3 heteroatoms. The first kappa shape index (κ1) is 10.6. The van der Waals surface area contributed by atoms with Gasteiger partial charge in [0.05, 0.1) is 0 Å². The molecule has 0 spiro atoms. The zero-order valence-electron chi connectivity index (χ0n) is 5.91. The van der Waals surface area contributed by atoms with Gasteiger partial charge in [-0.3, -0.25) is 4.79 Å². The summed E-state index contributed by atoms with van der Waals surface area (Å²) < 4.78 is 0. The number of aldehydes is 1. The predicted molar refractivity (Wildman–Crippen MR) is 44.3 cm³/mol. The third-order valence-corrected chi connectivity index (χ3v) is 2.26. The van der Waals surface area contributed by atoms with E-state index in [9.17, 15) is 4.79 Å². The third kappa shape index (κ3) is 2.26. The van der Waals surface area contributed by atoms with Crippen molar-refractivity contribution in [3.8, 4) is 0 Å². The molecule has 11 heavy (non-hydrogen) atoms. The van der Waals surface area contributed by atoms with Gasteiger partial charge in [0.1, 0.15) is 6.29 Å². The summed E-state index contributed by atoms with van der Waals surface area (Å²) in [6, 6.07) is 1.76. The molecule has 0 N–H and O–H groups in total. The first-order chi connectivity index (χ1) is 4.77. The largest absolute Gasteiger partial charge is 0.298 e. The molecule has 0 atom stereocenters. The molecular formula is C8H7OSV-. The Balaban J connectivity index is 0.000001000. The van der Waals surface area contributed by atoms with Crippen LogP contribution in [0.4, 0.5) is 0 Å². The zero-order chi connectivity index (χ0) is 7.56. The molecule has 0 saturated heterocycles. The Morgan fingerprint density at radius 3 is 2.55 bits per heavy atom. The van der Waals surface area contributed by atoms with E-state index in [-0.39, 0.29) is 18.6 Å².